The molecule has 0 bridgehead atoms. The Morgan fingerprint density at radius 2 is 2.15 bits per heavy atom. The van der Waals surface area contributed by atoms with Gasteiger partial charge in [0.2, 0.25) is 0 Å². The first kappa shape index (κ1) is 17.5. The van der Waals surface area contributed by atoms with Crippen molar-refractivity contribution in [2.24, 2.45) is 11.7 Å². The van der Waals surface area contributed by atoms with Crippen molar-refractivity contribution in [1.82, 2.24) is 4.90 Å². The lowest BCUT2D eigenvalue weighted by Gasteiger charge is -2.31. The van der Waals surface area contributed by atoms with Crippen LogP contribution in [-0.4, -0.2) is 67.1 Å². The van der Waals surface area contributed by atoms with E-state index in [1.807, 2.05) is 25.8 Å². The van der Waals surface area contributed by atoms with Gasteiger partial charge in [-0.3, -0.25) is 9.69 Å². The summed E-state index contributed by atoms with van der Waals surface area (Å²) in [7, 11) is 1.89. The van der Waals surface area contributed by atoms with Crippen molar-refractivity contribution in [3.63, 3.8) is 0 Å². The number of nitrogens with zero attached hydrogens (tertiary/aromatic N) is 1. The Morgan fingerprint density at radius 1 is 1.50 bits per heavy atom. The summed E-state index contributed by atoms with van der Waals surface area (Å²) in [5.74, 6) is 0.252. The summed E-state index contributed by atoms with van der Waals surface area (Å²) in [4.78, 5) is 13.7. The van der Waals surface area contributed by atoms with E-state index in [2.05, 4.69) is 0 Å². The molecule has 3 N–H and O–H groups in total. The number of likely N-dealkylation sites (N-methyl/N-ethyl adjacent to an activating group) is 1. The topological polar surface area (TPSA) is 85.0 Å². The van der Waals surface area contributed by atoms with Crippen molar-refractivity contribution in [2.45, 2.75) is 51.6 Å². The van der Waals surface area contributed by atoms with E-state index in [9.17, 15) is 9.90 Å². The summed E-state index contributed by atoms with van der Waals surface area (Å²) in [5, 5.41) is 9.32. The van der Waals surface area contributed by atoms with Gasteiger partial charge in [0.25, 0.3) is 0 Å². The predicted octanol–water partition coefficient (Wildman–Crippen LogP) is -0.0170. The van der Waals surface area contributed by atoms with E-state index in [1.165, 1.54) is 0 Å². The number of nitrogens with two attached hydrogens (primary N) is 1. The average molecular weight is 288 g/mol. The number of rotatable bonds is 8. The molecule has 0 radical (unpaired) electrons. The highest BCUT2D eigenvalue weighted by atomic mass is 16.7. The van der Waals surface area contributed by atoms with E-state index >= 15 is 0 Å². The van der Waals surface area contributed by atoms with Crippen LogP contribution in [0.1, 0.15) is 27.2 Å². The van der Waals surface area contributed by atoms with Gasteiger partial charge in [0.05, 0.1) is 19.3 Å². The second-order valence-electron chi connectivity index (χ2n) is 5.48. The third-order valence-corrected chi connectivity index (χ3v) is 4.04. The molecule has 1 unspecified atom stereocenters. The van der Waals surface area contributed by atoms with Crippen LogP contribution in [0.3, 0.4) is 0 Å². The van der Waals surface area contributed by atoms with Gasteiger partial charge in [-0.1, -0.05) is 0 Å². The number of aliphatic hydroxyl groups is 1. The van der Waals surface area contributed by atoms with Crippen LogP contribution in [0.5, 0.6) is 0 Å². The van der Waals surface area contributed by atoms with Gasteiger partial charge in [-0.25, -0.2) is 0 Å². The van der Waals surface area contributed by atoms with E-state index in [0.717, 1.165) is 0 Å². The van der Waals surface area contributed by atoms with Crippen LogP contribution in [0.25, 0.3) is 0 Å². The molecule has 0 amide bonds. The number of likely N-dealkylation sites (tertiary alicyclic amines) is 1. The number of hydrogen-bond acceptors (Lipinski definition) is 6. The van der Waals surface area contributed by atoms with Crippen LogP contribution in [0.4, 0.5) is 0 Å². The van der Waals surface area contributed by atoms with Crippen LogP contribution >= 0.6 is 0 Å². The highest BCUT2D eigenvalue weighted by molar-refractivity contribution is 5.81. The Bertz CT molecular complexity index is 314. The molecule has 0 aromatic rings. The first-order valence-corrected chi connectivity index (χ1v) is 7.24. The van der Waals surface area contributed by atoms with E-state index in [1.54, 1.807) is 6.92 Å². The number of hydrogen-bond donors (Lipinski definition) is 2. The molecule has 20 heavy (non-hydrogen) atoms. The maximum Gasteiger partial charge on any atom is 0.154 e. The lowest BCUT2D eigenvalue weighted by molar-refractivity contribution is -0.137. The normalized spacial score (nSPS) is 30.4. The van der Waals surface area contributed by atoms with Crippen molar-refractivity contribution in [2.75, 3.05) is 26.9 Å². The molecular formula is C14H28N2O4. The standard InChI is InChI=1S/C14H28N2O4/c1-5-19-10(3)20-8-11-6-13(9(2)18)16(4)14(11)12(15)7-17/h10-14,17H,5-8,15H2,1-4H3/t10?,11-,12-,13+,14+/m0/s1. The van der Waals surface area contributed by atoms with Gasteiger partial charge in [-0.2, -0.15) is 0 Å². The van der Waals surface area contributed by atoms with Crippen LogP contribution in [0, 0.1) is 5.92 Å². The predicted molar refractivity (Wildman–Crippen MR) is 76.2 cm³/mol. The Kier molecular flexibility index (Phi) is 7.05. The molecule has 1 aliphatic heterocycles. The third kappa shape index (κ3) is 4.23. The molecule has 0 saturated carbocycles. The Morgan fingerprint density at radius 3 is 2.65 bits per heavy atom. The highest BCUT2D eigenvalue weighted by Crippen LogP contribution is 2.31. The zero-order chi connectivity index (χ0) is 15.3. The molecule has 0 aliphatic carbocycles. The maximum atomic E-state index is 11.7. The van der Waals surface area contributed by atoms with Gasteiger partial charge in [0.1, 0.15) is 5.78 Å². The van der Waals surface area contributed by atoms with Gasteiger partial charge < -0.3 is 20.3 Å². The fourth-order valence-corrected chi connectivity index (χ4v) is 3.05. The molecule has 1 rings (SSSR count). The summed E-state index contributed by atoms with van der Waals surface area (Å²) in [6.07, 6.45) is 0.441. The molecule has 0 spiro atoms. The molecular weight excluding hydrogens is 260 g/mol. The van der Waals surface area contributed by atoms with Crippen molar-refractivity contribution >= 4 is 5.78 Å². The van der Waals surface area contributed by atoms with Crippen molar-refractivity contribution in [3.05, 3.63) is 0 Å². The summed E-state index contributed by atoms with van der Waals surface area (Å²) in [6, 6.07) is -0.573. The summed E-state index contributed by atoms with van der Waals surface area (Å²) >= 11 is 0. The van der Waals surface area contributed by atoms with Crippen LogP contribution in [-0.2, 0) is 14.3 Å². The first-order chi connectivity index (χ1) is 9.42. The third-order valence-electron chi connectivity index (χ3n) is 4.04. The maximum absolute atomic E-state index is 11.7. The van der Waals surface area contributed by atoms with Gasteiger partial charge >= 0.3 is 0 Å². The van der Waals surface area contributed by atoms with Crippen LogP contribution in [0.2, 0.25) is 0 Å². The molecule has 0 aromatic heterocycles. The summed E-state index contributed by atoms with van der Waals surface area (Å²) < 4.78 is 11.0. The van der Waals surface area contributed by atoms with Crippen molar-refractivity contribution in [1.29, 1.82) is 0 Å². The van der Waals surface area contributed by atoms with Crippen LogP contribution in [0.15, 0.2) is 0 Å². The van der Waals surface area contributed by atoms with Crippen molar-refractivity contribution in [3.8, 4) is 0 Å². The summed E-state index contributed by atoms with van der Waals surface area (Å²) in [6.45, 7) is 6.34. The molecule has 6 heteroatoms. The highest BCUT2D eigenvalue weighted by Gasteiger charge is 2.43. The molecule has 1 fully saturated rings. The lowest BCUT2D eigenvalue weighted by Crippen LogP contribution is -2.50. The second-order valence-corrected chi connectivity index (χ2v) is 5.48. The Hall–Kier alpha value is -0.530. The van der Waals surface area contributed by atoms with E-state index in [4.69, 9.17) is 15.2 Å². The quantitative estimate of drug-likeness (QED) is 0.611. The molecule has 0 aromatic carbocycles. The smallest absolute Gasteiger partial charge is 0.154 e. The van der Waals surface area contributed by atoms with Gasteiger partial charge in [-0.05, 0) is 34.2 Å². The van der Waals surface area contributed by atoms with Gasteiger partial charge in [0, 0.05) is 24.6 Å². The number of aliphatic hydroxyl groups excluding tert-OH is 1. The average Bonchev–Trinajstić information content (AvgIpc) is 2.73. The molecule has 5 atom stereocenters. The Labute approximate surface area is 121 Å². The van der Waals surface area contributed by atoms with E-state index < -0.39 is 0 Å². The minimum Gasteiger partial charge on any atom is -0.395 e. The molecule has 1 heterocycles. The number of carbonyl (C=O) groups excluding carboxylic acids is 1. The van der Waals surface area contributed by atoms with Gasteiger partial charge in [0.15, 0.2) is 6.29 Å². The molecule has 1 aliphatic rings. The van der Waals surface area contributed by atoms with E-state index in [0.29, 0.717) is 19.6 Å². The lowest BCUT2D eigenvalue weighted by atomic mass is 9.94. The minimum absolute atomic E-state index is 0.0530. The van der Waals surface area contributed by atoms with E-state index in [-0.39, 0.29) is 42.7 Å². The first-order valence-electron chi connectivity index (χ1n) is 7.24. The number of ketones is 1. The van der Waals surface area contributed by atoms with Gasteiger partial charge in [-0.15, -0.1) is 0 Å². The summed E-state index contributed by atoms with van der Waals surface area (Å²) in [5.41, 5.74) is 6.00. The zero-order valence-electron chi connectivity index (χ0n) is 12.9. The SMILES string of the molecule is CCOC(C)OC[C@@H]1C[C@H](C(C)=O)N(C)[C@H]1[C@@H](N)CO. The fourth-order valence-electron chi connectivity index (χ4n) is 3.05. The van der Waals surface area contributed by atoms with Crippen LogP contribution < -0.4 is 5.73 Å². The molecule has 1 saturated heterocycles. The molecule has 118 valence electrons. The number of carbonyl (C=O) groups is 1. The zero-order valence-corrected chi connectivity index (χ0v) is 12.9. The number of Topliss-reactive ketones (excluding diaryl/α,β-unsaturated/α-hetero) is 1. The second kappa shape index (κ2) is 8.05. The molecule has 6 nitrogen and oxygen atoms in total. The number of ether oxygens (including phenoxy) is 2. The fraction of sp³-hybridized carbons (Fsp3) is 0.929. The monoisotopic (exact) mass is 288 g/mol. The van der Waals surface area contributed by atoms with Crippen molar-refractivity contribution < 1.29 is 19.4 Å². The Balaban J connectivity index is 2.68. The minimum atomic E-state index is -0.375. The largest absolute Gasteiger partial charge is 0.395 e.